The fourth-order valence-electron chi connectivity index (χ4n) is 4.36. The molecule has 2 atom stereocenters. The summed E-state index contributed by atoms with van der Waals surface area (Å²) in [6, 6.07) is 24.1. The largest absolute Gasteiger partial charge is 0.459 e. The van der Waals surface area contributed by atoms with E-state index in [0.717, 1.165) is 11.4 Å². The zero-order valence-corrected chi connectivity index (χ0v) is 20.4. The molecule has 0 aliphatic carbocycles. The third-order valence-corrected chi connectivity index (χ3v) is 6.45. The molecule has 0 radical (unpaired) electrons. The Hall–Kier alpha value is -4.57. The smallest absolute Gasteiger partial charge is 0.270 e. The minimum atomic E-state index is -0.438. The SMILES string of the molecule is O=C(CCN1C(=S)N[C@H](c2ccccn2)[C@@H]1c1ccc(-c2cccc([N+](=O)[O-])c2)o1)Nc1ccccc1. The van der Waals surface area contributed by atoms with Crippen LogP contribution in [0.1, 0.15) is 30.0 Å². The fourth-order valence-corrected chi connectivity index (χ4v) is 4.69. The lowest BCUT2D eigenvalue weighted by Gasteiger charge is -2.25. The number of carbonyl (C=O) groups is 1. The Labute approximate surface area is 218 Å². The highest BCUT2D eigenvalue weighted by molar-refractivity contribution is 7.80. The Balaban J connectivity index is 1.42. The third-order valence-electron chi connectivity index (χ3n) is 6.09. The van der Waals surface area contributed by atoms with Crippen molar-refractivity contribution in [1.82, 2.24) is 15.2 Å². The van der Waals surface area contributed by atoms with Gasteiger partial charge in [-0.2, -0.15) is 0 Å². The van der Waals surface area contributed by atoms with Crippen LogP contribution in [-0.4, -0.2) is 32.4 Å². The van der Waals surface area contributed by atoms with Crippen LogP contribution in [0.3, 0.4) is 0 Å². The molecule has 186 valence electrons. The number of nitro groups is 1. The molecule has 1 aliphatic heterocycles. The molecule has 2 N–H and O–H groups in total. The zero-order valence-electron chi connectivity index (χ0n) is 19.6. The van der Waals surface area contributed by atoms with Crippen molar-refractivity contribution in [1.29, 1.82) is 0 Å². The van der Waals surface area contributed by atoms with Gasteiger partial charge in [0.1, 0.15) is 17.6 Å². The van der Waals surface area contributed by atoms with E-state index in [9.17, 15) is 14.9 Å². The Morgan fingerprint density at radius 1 is 1.08 bits per heavy atom. The Morgan fingerprint density at radius 3 is 2.65 bits per heavy atom. The molecular formula is C27H23N5O4S. The summed E-state index contributed by atoms with van der Waals surface area (Å²) in [5.41, 5.74) is 2.08. The first kappa shape index (κ1) is 24.1. The Kier molecular flexibility index (Phi) is 6.91. The third kappa shape index (κ3) is 5.34. The number of nitrogens with one attached hydrogen (secondary N) is 2. The number of rotatable bonds is 8. The maximum absolute atomic E-state index is 12.7. The normalized spacial score (nSPS) is 16.9. The number of hydrogen-bond donors (Lipinski definition) is 2. The highest BCUT2D eigenvalue weighted by Crippen LogP contribution is 2.40. The molecule has 1 saturated heterocycles. The van der Waals surface area contributed by atoms with E-state index in [-0.39, 0.29) is 30.1 Å². The van der Waals surface area contributed by atoms with Gasteiger partial charge in [-0.25, -0.2) is 0 Å². The molecule has 37 heavy (non-hydrogen) atoms. The van der Waals surface area contributed by atoms with E-state index < -0.39 is 4.92 Å². The van der Waals surface area contributed by atoms with Gasteiger partial charge in [0.15, 0.2) is 5.11 Å². The number of aromatic nitrogens is 1. The summed E-state index contributed by atoms with van der Waals surface area (Å²) in [4.78, 5) is 29.9. The zero-order chi connectivity index (χ0) is 25.8. The molecule has 0 spiro atoms. The summed E-state index contributed by atoms with van der Waals surface area (Å²) in [6.07, 6.45) is 1.92. The number of benzene rings is 2. The van der Waals surface area contributed by atoms with Gasteiger partial charge in [-0.3, -0.25) is 19.9 Å². The van der Waals surface area contributed by atoms with E-state index >= 15 is 0 Å². The molecule has 0 bridgehead atoms. The van der Waals surface area contributed by atoms with E-state index in [1.807, 2.05) is 59.5 Å². The summed E-state index contributed by atoms with van der Waals surface area (Å²) in [5.74, 6) is 0.969. The molecule has 3 heterocycles. The number of carbonyl (C=O) groups excluding carboxylic acids is 1. The molecule has 5 rings (SSSR count). The maximum Gasteiger partial charge on any atom is 0.270 e. The van der Waals surface area contributed by atoms with Crippen molar-refractivity contribution in [2.24, 2.45) is 0 Å². The second-order valence-electron chi connectivity index (χ2n) is 8.49. The predicted octanol–water partition coefficient (Wildman–Crippen LogP) is 5.25. The van der Waals surface area contributed by atoms with Gasteiger partial charge < -0.3 is 20.0 Å². The number of nitro benzene ring substituents is 1. The maximum atomic E-state index is 12.7. The van der Waals surface area contributed by atoms with Crippen molar-refractivity contribution < 1.29 is 14.1 Å². The molecule has 0 unspecified atom stereocenters. The molecule has 2 aromatic heterocycles. The minimum absolute atomic E-state index is 0.0171. The first-order valence-corrected chi connectivity index (χ1v) is 12.1. The number of para-hydroxylation sites is 1. The molecule has 1 aliphatic rings. The number of hydrogen-bond acceptors (Lipinski definition) is 6. The van der Waals surface area contributed by atoms with E-state index in [2.05, 4.69) is 15.6 Å². The number of amides is 1. The van der Waals surface area contributed by atoms with Crippen LogP contribution in [0, 0.1) is 10.1 Å². The van der Waals surface area contributed by atoms with Gasteiger partial charge in [-0.1, -0.05) is 36.4 Å². The lowest BCUT2D eigenvalue weighted by molar-refractivity contribution is -0.384. The fraction of sp³-hybridized carbons (Fsp3) is 0.148. The first-order valence-electron chi connectivity index (χ1n) is 11.7. The average Bonchev–Trinajstić information content (AvgIpc) is 3.53. The van der Waals surface area contributed by atoms with Crippen LogP contribution < -0.4 is 10.6 Å². The van der Waals surface area contributed by atoms with Gasteiger partial charge >= 0.3 is 0 Å². The van der Waals surface area contributed by atoms with Crippen LogP contribution in [-0.2, 0) is 4.79 Å². The van der Waals surface area contributed by atoms with Crippen molar-refractivity contribution in [3.63, 3.8) is 0 Å². The number of anilines is 1. The van der Waals surface area contributed by atoms with Crippen LogP contribution in [0.15, 0.2) is 95.5 Å². The summed E-state index contributed by atoms with van der Waals surface area (Å²) < 4.78 is 6.23. The summed E-state index contributed by atoms with van der Waals surface area (Å²) in [5, 5.41) is 17.9. The lowest BCUT2D eigenvalue weighted by atomic mass is 10.0. The van der Waals surface area contributed by atoms with Crippen LogP contribution >= 0.6 is 12.2 Å². The van der Waals surface area contributed by atoms with Gasteiger partial charge in [-0.05, 0) is 48.6 Å². The highest BCUT2D eigenvalue weighted by Gasteiger charge is 2.41. The number of nitrogens with zero attached hydrogens (tertiary/aromatic N) is 3. The van der Waals surface area contributed by atoms with Crippen LogP contribution in [0.2, 0.25) is 0 Å². The minimum Gasteiger partial charge on any atom is -0.459 e. The van der Waals surface area contributed by atoms with Crippen LogP contribution in [0.25, 0.3) is 11.3 Å². The van der Waals surface area contributed by atoms with E-state index in [0.29, 0.717) is 28.7 Å². The molecule has 1 fully saturated rings. The van der Waals surface area contributed by atoms with Gasteiger partial charge in [-0.15, -0.1) is 0 Å². The monoisotopic (exact) mass is 513 g/mol. The van der Waals surface area contributed by atoms with Crippen LogP contribution in [0.5, 0.6) is 0 Å². The van der Waals surface area contributed by atoms with Crippen molar-refractivity contribution in [3.05, 3.63) is 113 Å². The Bertz CT molecular complexity index is 1430. The van der Waals surface area contributed by atoms with E-state index in [1.54, 1.807) is 24.4 Å². The summed E-state index contributed by atoms with van der Waals surface area (Å²) in [7, 11) is 0. The summed E-state index contributed by atoms with van der Waals surface area (Å²) >= 11 is 5.66. The highest BCUT2D eigenvalue weighted by atomic mass is 32.1. The molecule has 2 aromatic carbocycles. The topological polar surface area (TPSA) is 114 Å². The van der Waals surface area contributed by atoms with Crippen molar-refractivity contribution in [2.45, 2.75) is 18.5 Å². The van der Waals surface area contributed by atoms with Gasteiger partial charge in [0.05, 0.1) is 16.7 Å². The molecule has 0 saturated carbocycles. The van der Waals surface area contributed by atoms with Crippen molar-refractivity contribution >= 4 is 34.6 Å². The Morgan fingerprint density at radius 2 is 1.89 bits per heavy atom. The summed E-state index contributed by atoms with van der Waals surface area (Å²) in [6.45, 7) is 0.353. The van der Waals surface area contributed by atoms with Gasteiger partial charge in [0.25, 0.3) is 5.69 Å². The standard InChI is InChI=1S/C27H23N5O4S/c33-24(29-19-8-2-1-3-9-19)14-16-31-26(25(30-27(31)37)21-11-4-5-15-28-21)23-13-12-22(36-23)18-7-6-10-20(17-18)32(34)35/h1-13,15,17,25-26H,14,16H2,(H,29,33)(H,30,37)/t25-,26+/m1/s1. The second kappa shape index (κ2) is 10.6. The van der Waals surface area contributed by atoms with Crippen LogP contribution in [0.4, 0.5) is 11.4 Å². The molecule has 9 nitrogen and oxygen atoms in total. The predicted molar refractivity (Wildman–Crippen MR) is 143 cm³/mol. The molecule has 4 aromatic rings. The molecular weight excluding hydrogens is 490 g/mol. The molecule has 1 amide bonds. The molecule has 10 heteroatoms. The van der Waals surface area contributed by atoms with Crippen molar-refractivity contribution in [3.8, 4) is 11.3 Å². The number of non-ortho nitro benzene ring substituents is 1. The van der Waals surface area contributed by atoms with Crippen molar-refractivity contribution in [2.75, 3.05) is 11.9 Å². The lowest BCUT2D eigenvalue weighted by Crippen LogP contribution is -2.32. The number of thiocarbonyl (C=S) groups is 1. The quantitative estimate of drug-likeness (QED) is 0.187. The number of furan rings is 1. The van der Waals surface area contributed by atoms with Gasteiger partial charge in [0, 0.05) is 42.5 Å². The van der Waals surface area contributed by atoms with E-state index in [1.165, 1.54) is 12.1 Å². The van der Waals surface area contributed by atoms with Gasteiger partial charge in [0.2, 0.25) is 5.91 Å². The van der Waals surface area contributed by atoms with E-state index in [4.69, 9.17) is 16.6 Å². The first-order chi connectivity index (χ1) is 18.0. The average molecular weight is 514 g/mol. The second-order valence-corrected chi connectivity index (χ2v) is 8.88. The number of pyridine rings is 1.